The molecule has 168 valence electrons. The fourth-order valence-electron chi connectivity index (χ4n) is 4.68. The molecule has 2 fully saturated rings. The molecule has 0 bridgehead atoms. The molecule has 2 aliphatic rings. The average Bonchev–Trinajstić information content (AvgIpc) is 3.40. The van der Waals surface area contributed by atoms with E-state index in [1.165, 1.54) is 6.92 Å². The van der Waals surface area contributed by atoms with Gasteiger partial charge in [0.2, 0.25) is 0 Å². The van der Waals surface area contributed by atoms with Crippen LogP contribution >= 0.6 is 0 Å². The molecule has 0 atom stereocenters. The highest BCUT2D eigenvalue weighted by molar-refractivity contribution is 7.91. The van der Waals surface area contributed by atoms with Gasteiger partial charge >= 0.3 is 6.18 Å². The van der Waals surface area contributed by atoms with Gasteiger partial charge in [-0.05, 0) is 62.0 Å². The van der Waals surface area contributed by atoms with Crippen LogP contribution in [0.3, 0.4) is 0 Å². The van der Waals surface area contributed by atoms with Crippen molar-refractivity contribution in [2.24, 2.45) is 17.3 Å². The van der Waals surface area contributed by atoms with E-state index in [1.807, 2.05) is 6.92 Å². The molecule has 0 radical (unpaired) electrons. The summed E-state index contributed by atoms with van der Waals surface area (Å²) in [6, 6.07) is 1.98. The van der Waals surface area contributed by atoms with Crippen LogP contribution in [0.2, 0.25) is 0 Å². The van der Waals surface area contributed by atoms with Crippen molar-refractivity contribution in [1.29, 1.82) is 0 Å². The van der Waals surface area contributed by atoms with Gasteiger partial charge in [0, 0.05) is 12.3 Å². The SMILES string of the molecule is CCCS(=O)(=O)C[C@H]1C[C@@](CNC(=O)c2ccc(C(F)(F)F)nc2C)(CC2CC2)C1. The topological polar surface area (TPSA) is 76.1 Å². The lowest BCUT2D eigenvalue weighted by Crippen LogP contribution is -2.48. The molecule has 0 aliphatic heterocycles. The molecule has 1 aromatic heterocycles. The largest absolute Gasteiger partial charge is 0.433 e. The number of halogens is 3. The summed E-state index contributed by atoms with van der Waals surface area (Å²) in [4.78, 5) is 16.1. The zero-order valence-electron chi connectivity index (χ0n) is 17.4. The number of nitrogens with one attached hydrogen (secondary N) is 1. The zero-order valence-corrected chi connectivity index (χ0v) is 18.2. The molecule has 0 unspecified atom stereocenters. The van der Waals surface area contributed by atoms with Crippen molar-refractivity contribution in [1.82, 2.24) is 10.3 Å². The van der Waals surface area contributed by atoms with Gasteiger partial charge < -0.3 is 5.32 Å². The second-order valence-electron chi connectivity index (χ2n) is 9.05. The van der Waals surface area contributed by atoms with Gasteiger partial charge in [-0.3, -0.25) is 4.79 Å². The number of carbonyl (C=O) groups is 1. The Morgan fingerprint density at radius 3 is 2.43 bits per heavy atom. The van der Waals surface area contributed by atoms with E-state index in [9.17, 15) is 26.4 Å². The van der Waals surface area contributed by atoms with Crippen molar-refractivity contribution >= 4 is 15.7 Å². The van der Waals surface area contributed by atoms with Gasteiger partial charge in [-0.15, -0.1) is 0 Å². The molecule has 2 saturated carbocycles. The van der Waals surface area contributed by atoms with Crippen LogP contribution < -0.4 is 5.32 Å². The van der Waals surface area contributed by atoms with Gasteiger partial charge in [-0.25, -0.2) is 13.4 Å². The standard InChI is InChI=1S/C21H29F3N2O3S/c1-3-8-30(28,29)12-16-10-20(11-16,9-15-4-5-15)13-25-19(27)17-6-7-18(21(22,23)24)26-14(17)2/h6-7,15-16H,3-5,8-13H2,1-2H3,(H,25,27)/t16-,20-. The van der Waals surface area contributed by atoms with Gasteiger partial charge in [0.1, 0.15) is 5.69 Å². The van der Waals surface area contributed by atoms with Crippen LogP contribution in [0.1, 0.15) is 67.2 Å². The predicted molar refractivity (Wildman–Crippen MR) is 108 cm³/mol. The number of nitrogens with zero attached hydrogens (tertiary/aromatic N) is 1. The van der Waals surface area contributed by atoms with Crippen molar-refractivity contribution in [2.45, 2.75) is 58.5 Å². The van der Waals surface area contributed by atoms with Crippen LogP contribution in [0.5, 0.6) is 0 Å². The second-order valence-corrected chi connectivity index (χ2v) is 11.3. The van der Waals surface area contributed by atoms with E-state index in [2.05, 4.69) is 10.3 Å². The fraction of sp³-hybridized carbons (Fsp3) is 0.714. The molecule has 30 heavy (non-hydrogen) atoms. The smallest absolute Gasteiger partial charge is 0.351 e. The molecule has 1 amide bonds. The highest BCUT2D eigenvalue weighted by Gasteiger charge is 2.48. The third-order valence-electron chi connectivity index (χ3n) is 6.11. The van der Waals surface area contributed by atoms with Crippen LogP contribution in [0, 0.1) is 24.2 Å². The van der Waals surface area contributed by atoms with Gasteiger partial charge in [-0.2, -0.15) is 13.2 Å². The Labute approximate surface area is 175 Å². The first-order chi connectivity index (χ1) is 13.9. The Bertz CT molecular complexity index is 889. The van der Waals surface area contributed by atoms with E-state index in [4.69, 9.17) is 0 Å². The number of sulfone groups is 1. The molecule has 1 aromatic rings. The minimum Gasteiger partial charge on any atom is -0.351 e. The number of aromatic nitrogens is 1. The fourth-order valence-corrected chi connectivity index (χ4v) is 6.42. The van der Waals surface area contributed by atoms with Gasteiger partial charge in [0.15, 0.2) is 9.84 Å². The summed E-state index contributed by atoms with van der Waals surface area (Å²) in [7, 11) is -3.04. The summed E-state index contributed by atoms with van der Waals surface area (Å²) in [5.74, 6) is 0.710. The van der Waals surface area contributed by atoms with Crippen molar-refractivity contribution in [3.05, 3.63) is 29.1 Å². The first kappa shape index (κ1) is 23.0. The molecule has 2 aliphatic carbocycles. The lowest BCUT2D eigenvalue weighted by molar-refractivity contribution is -0.141. The number of aryl methyl sites for hydroxylation is 1. The minimum absolute atomic E-state index is 0.0377. The molecular weight excluding hydrogens is 417 g/mol. The summed E-state index contributed by atoms with van der Waals surface area (Å²) in [6.07, 6.45) is 0.870. The average molecular weight is 447 g/mol. The quantitative estimate of drug-likeness (QED) is 0.618. The van der Waals surface area contributed by atoms with Crippen LogP contribution in [0.4, 0.5) is 13.2 Å². The number of hydrogen-bond acceptors (Lipinski definition) is 4. The minimum atomic E-state index is -4.55. The summed E-state index contributed by atoms with van der Waals surface area (Å²) in [5, 5.41) is 2.87. The molecule has 1 N–H and O–H groups in total. The molecule has 1 heterocycles. The van der Waals surface area contributed by atoms with Gasteiger partial charge in [0.05, 0.1) is 17.0 Å². The molecular formula is C21H29F3N2O3S. The maximum atomic E-state index is 12.8. The highest BCUT2D eigenvalue weighted by Crippen LogP contribution is 2.53. The maximum absolute atomic E-state index is 12.8. The van der Waals surface area contributed by atoms with E-state index >= 15 is 0 Å². The van der Waals surface area contributed by atoms with Gasteiger partial charge in [0.25, 0.3) is 5.91 Å². The number of amides is 1. The van der Waals surface area contributed by atoms with E-state index in [-0.39, 0.29) is 34.1 Å². The van der Waals surface area contributed by atoms with Crippen molar-refractivity contribution in [3.8, 4) is 0 Å². The summed E-state index contributed by atoms with van der Waals surface area (Å²) >= 11 is 0. The zero-order chi connectivity index (χ0) is 22.2. The van der Waals surface area contributed by atoms with Gasteiger partial charge in [-0.1, -0.05) is 19.8 Å². The summed E-state index contributed by atoms with van der Waals surface area (Å²) in [5.41, 5.74) is -0.963. The predicted octanol–water partition coefficient (Wildman–Crippen LogP) is 4.16. The number of alkyl halides is 3. The van der Waals surface area contributed by atoms with E-state index in [0.717, 1.165) is 44.2 Å². The van der Waals surface area contributed by atoms with Crippen molar-refractivity contribution in [3.63, 3.8) is 0 Å². The molecule has 3 rings (SSSR count). The second kappa shape index (κ2) is 8.48. The number of carbonyl (C=O) groups excluding carboxylic acids is 1. The number of rotatable bonds is 9. The first-order valence-electron chi connectivity index (χ1n) is 10.5. The van der Waals surface area contributed by atoms with E-state index < -0.39 is 27.6 Å². The first-order valence-corrected chi connectivity index (χ1v) is 12.3. The molecule has 0 spiro atoms. The van der Waals surface area contributed by atoms with Crippen molar-refractivity contribution < 1.29 is 26.4 Å². The lowest BCUT2D eigenvalue weighted by atomic mass is 9.60. The molecule has 5 nitrogen and oxygen atoms in total. The Hall–Kier alpha value is -1.64. The molecule has 0 aromatic carbocycles. The summed E-state index contributed by atoms with van der Waals surface area (Å²) < 4.78 is 62.6. The third-order valence-corrected chi connectivity index (χ3v) is 8.12. The monoisotopic (exact) mass is 446 g/mol. The van der Waals surface area contributed by atoms with Crippen LogP contribution in [-0.4, -0.2) is 37.4 Å². The Morgan fingerprint density at radius 1 is 1.23 bits per heavy atom. The van der Waals surface area contributed by atoms with Crippen molar-refractivity contribution in [2.75, 3.05) is 18.1 Å². The third kappa shape index (κ3) is 5.74. The van der Waals surface area contributed by atoms with E-state index in [0.29, 0.717) is 18.9 Å². The Balaban J connectivity index is 1.61. The highest BCUT2D eigenvalue weighted by atomic mass is 32.2. The maximum Gasteiger partial charge on any atom is 0.433 e. The van der Waals surface area contributed by atoms with Crippen LogP contribution in [-0.2, 0) is 16.0 Å². The molecule has 9 heteroatoms. The number of hydrogen-bond donors (Lipinski definition) is 1. The molecule has 0 saturated heterocycles. The van der Waals surface area contributed by atoms with Crippen LogP contribution in [0.25, 0.3) is 0 Å². The van der Waals surface area contributed by atoms with E-state index in [1.54, 1.807) is 0 Å². The number of pyridine rings is 1. The Kier molecular flexibility index (Phi) is 6.51. The summed E-state index contributed by atoms with van der Waals surface area (Å²) in [6.45, 7) is 3.65. The lowest BCUT2D eigenvalue weighted by Gasteiger charge is -2.48. The normalized spacial score (nSPS) is 24.4. The Morgan fingerprint density at radius 2 is 1.90 bits per heavy atom. The van der Waals surface area contributed by atoms with Crippen LogP contribution in [0.15, 0.2) is 12.1 Å².